The molecule has 0 radical (unpaired) electrons. The fraction of sp³-hybridized carbons (Fsp3) is 0. The summed E-state index contributed by atoms with van der Waals surface area (Å²) in [7, 11) is 0. The summed E-state index contributed by atoms with van der Waals surface area (Å²) >= 11 is 0. The topological polar surface area (TPSA) is 43.6 Å². The van der Waals surface area contributed by atoms with Crippen LogP contribution in [0.15, 0.2) is 182 Å². The van der Waals surface area contributed by atoms with Gasteiger partial charge in [0.2, 0.25) is 0 Å². The predicted molar refractivity (Wildman–Crippen MR) is 201 cm³/mol. The fourth-order valence-electron chi connectivity index (χ4n) is 6.66. The van der Waals surface area contributed by atoms with Crippen molar-refractivity contribution in [1.29, 1.82) is 0 Å². The van der Waals surface area contributed by atoms with Gasteiger partial charge in [0, 0.05) is 33.0 Å². The Hall–Kier alpha value is -6.65. The summed E-state index contributed by atoms with van der Waals surface area (Å²) in [6.07, 6.45) is 0. The lowest BCUT2D eigenvalue weighted by atomic mass is 9.93. The summed E-state index contributed by atoms with van der Waals surface area (Å²) in [6.45, 7) is 0. The second-order valence-electron chi connectivity index (χ2n) is 12.1. The molecule has 0 spiro atoms. The highest BCUT2D eigenvalue weighted by Crippen LogP contribution is 2.42. The third kappa shape index (κ3) is 5.26. The molecule has 49 heavy (non-hydrogen) atoms. The molecule has 0 aliphatic heterocycles. The van der Waals surface area contributed by atoms with Crippen LogP contribution in [0.4, 0.5) is 0 Å². The Labute approximate surface area is 284 Å². The van der Waals surface area contributed by atoms with E-state index < -0.39 is 0 Å². The van der Waals surface area contributed by atoms with Crippen molar-refractivity contribution < 1.29 is 0 Å². The molecule has 4 nitrogen and oxygen atoms in total. The molecule has 230 valence electrons. The minimum absolute atomic E-state index is 0.702. The molecule has 2 heterocycles. The standard InChI is InChI=1S/C45H30N4/c1-5-15-31(16-6-1)39-29-36-21-13-14-24-38(36)44-42(39)43(48-49(44)37-22-11-4-12-23-37)34-27-25-33(26-28-34)41-30-40(32-17-7-2-8-18-32)46-45(47-41)35-19-9-3-10-20-35/h1-30H. The van der Waals surface area contributed by atoms with Crippen molar-refractivity contribution in [3.05, 3.63) is 182 Å². The van der Waals surface area contributed by atoms with E-state index in [1.165, 1.54) is 10.8 Å². The molecular weight excluding hydrogens is 597 g/mol. The molecule has 0 atom stereocenters. The van der Waals surface area contributed by atoms with Crippen molar-refractivity contribution in [3.63, 3.8) is 0 Å². The van der Waals surface area contributed by atoms with Gasteiger partial charge in [0.25, 0.3) is 0 Å². The molecule has 7 aromatic carbocycles. The number of hydrogen-bond donors (Lipinski definition) is 0. The van der Waals surface area contributed by atoms with Gasteiger partial charge in [0.15, 0.2) is 5.82 Å². The van der Waals surface area contributed by atoms with Crippen molar-refractivity contribution >= 4 is 21.7 Å². The largest absolute Gasteiger partial charge is 0.232 e. The first-order valence-corrected chi connectivity index (χ1v) is 16.5. The number of benzene rings is 7. The third-order valence-corrected chi connectivity index (χ3v) is 9.04. The van der Waals surface area contributed by atoms with E-state index in [9.17, 15) is 0 Å². The van der Waals surface area contributed by atoms with E-state index in [-0.39, 0.29) is 0 Å². The van der Waals surface area contributed by atoms with Gasteiger partial charge in [-0.1, -0.05) is 158 Å². The van der Waals surface area contributed by atoms with Gasteiger partial charge in [-0.3, -0.25) is 0 Å². The molecular formula is C45H30N4. The molecule has 2 aromatic heterocycles. The lowest BCUT2D eigenvalue weighted by Gasteiger charge is -2.11. The second-order valence-corrected chi connectivity index (χ2v) is 12.1. The van der Waals surface area contributed by atoms with Crippen LogP contribution >= 0.6 is 0 Å². The first kappa shape index (κ1) is 28.6. The monoisotopic (exact) mass is 626 g/mol. The van der Waals surface area contributed by atoms with Crippen LogP contribution in [-0.2, 0) is 0 Å². The summed E-state index contributed by atoms with van der Waals surface area (Å²) in [5, 5.41) is 8.84. The number of hydrogen-bond acceptors (Lipinski definition) is 3. The first-order valence-electron chi connectivity index (χ1n) is 16.5. The van der Waals surface area contributed by atoms with E-state index in [1.807, 2.05) is 42.5 Å². The van der Waals surface area contributed by atoms with E-state index in [0.717, 1.165) is 67.1 Å². The highest BCUT2D eigenvalue weighted by Gasteiger charge is 2.21. The molecule has 0 bridgehead atoms. The Morgan fingerprint density at radius 3 is 1.57 bits per heavy atom. The average molecular weight is 627 g/mol. The number of para-hydroxylation sites is 1. The molecule has 0 amide bonds. The Morgan fingerprint density at radius 2 is 0.918 bits per heavy atom. The lowest BCUT2D eigenvalue weighted by molar-refractivity contribution is 0.918. The summed E-state index contributed by atoms with van der Waals surface area (Å²) in [6, 6.07) is 63.1. The van der Waals surface area contributed by atoms with E-state index in [2.05, 4.69) is 144 Å². The van der Waals surface area contributed by atoms with E-state index in [1.54, 1.807) is 0 Å². The first-order chi connectivity index (χ1) is 24.3. The summed E-state index contributed by atoms with van der Waals surface area (Å²) < 4.78 is 2.11. The second kappa shape index (κ2) is 12.2. The van der Waals surface area contributed by atoms with E-state index >= 15 is 0 Å². The molecule has 0 unspecified atom stereocenters. The summed E-state index contributed by atoms with van der Waals surface area (Å²) in [4.78, 5) is 10.0. The minimum atomic E-state index is 0.702. The van der Waals surface area contributed by atoms with Crippen molar-refractivity contribution in [2.24, 2.45) is 0 Å². The normalized spacial score (nSPS) is 11.3. The number of rotatable bonds is 6. The maximum Gasteiger partial charge on any atom is 0.160 e. The van der Waals surface area contributed by atoms with Crippen LogP contribution in [0.3, 0.4) is 0 Å². The molecule has 9 aromatic rings. The minimum Gasteiger partial charge on any atom is -0.232 e. The van der Waals surface area contributed by atoms with Crippen molar-refractivity contribution in [1.82, 2.24) is 19.7 Å². The summed E-state index contributed by atoms with van der Waals surface area (Å²) in [5.74, 6) is 0.702. The lowest BCUT2D eigenvalue weighted by Crippen LogP contribution is -1.97. The van der Waals surface area contributed by atoms with Crippen LogP contribution in [0.25, 0.3) is 83.6 Å². The Morgan fingerprint density at radius 1 is 0.408 bits per heavy atom. The average Bonchev–Trinajstić information content (AvgIpc) is 3.60. The highest BCUT2D eigenvalue weighted by molar-refractivity contribution is 6.17. The molecule has 9 rings (SSSR count). The molecule has 0 fully saturated rings. The Balaban J connectivity index is 1.24. The number of fused-ring (bicyclic) bond motifs is 3. The molecule has 0 saturated heterocycles. The van der Waals surface area contributed by atoms with Gasteiger partial charge in [0.1, 0.15) is 5.69 Å². The molecule has 4 heteroatoms. The summed E-state index contributed by atoms with van der Waals surface area (Å²) in [5.41, 5.74) is 11.2. The van der Waals surface area contributed by atoms with Gasteiger partial charge >= 0.3 is 0 Å². The van der Waals surface area contributed by atoms with E-state index in [0.29, 0.717) is 5.82 Å². The van der Waals surface area contributed by atoms with Crippen LogP contribution in [0.1, 0.15) is 0 Å². The molecule has 0 aliphatic rings. The molecule has 0 N–H and O–H groups in total. The maximum atomic E-state index is 5.37. The fourth-order valence-corrected chi connectivity index (χ4v) is 6.66. The van der Waals surface area contributed by atoms with Crippen LogP contribution < -0.4 is 0 Å². The SMILES string of the molecule is c1ccc(-c2cc(-c3ccc(-c4nn(-c5ccccc5)c5c4c(-c4ccccc4)cc4ccccc45)cc3)nc(-c3ccccc3)n2)cc1. The Bertz CT molecular complexity index is 2500. The number of nitrogens with zero attached hydrogens (tertiary/aromatic N) is 4. The zero-order chi connectivity index (χ0) is 32.6. The van der Waals surface area contributed by atoms with Gasteiger partial charge < -0.3 is 0 Å². The van der Waals surface area contributed by atoms with Crippen LogP contribution in [0.5, 0.6) is 0 Å². The third-order valence-electron chi connectivity index (χ3n) is 9.04. The smallest absolute Gasteiger partial charge is 0.160 e. The van der Waals surface area contributed by atoms with Crippen LogP contribution in [0, 0.1) is 0 Å². The van der Waals surface area contributed by atoms with Crippen LogP contribution in [-0.4, -0.2) is 19.7 Å². The quantitative estimate of drug-likeness (QED) is 0.184. The maximum absolute atomic E-state index is 5.37. The van der Waals surface area contributed by atoms with Gasteiger partial charge in [-0.25, -0.2) is 14.6 Å². The molecule has 0 saturated carbocycles. The van der Waals surface area contributed by atoms with Gasteiger partial charge in [-0.05, 0) is 40.8 Å². The van der Waals surface area contributed by atoms with Gasteiger partial charge in [-0.15, -0.1) is 0 Å². The zero-order valence-corrected chi connectivity index (χ0v) is 26.6. The van der Waals surface area contributed by atoms with Crippen LogP contribution in [0.2, 0.25) is 0 Å². The zero-order valence-electron chi connectivity index (χ0n) is 26.6. The van der Waals surface area contributed by atoms with Crippen molar-refractivity contribution in [2.45, 2.75) is 0 Å². The van der Waals surface area contributed by atoms with Gasteiger partial charge in [-0.2, -0.15) is 5.10 Å². The Kier molecular flexibility index (Phi) is 7.10. The van der Waals surface area contributed by atoms with Crippen molar-refractivity contribution in [3.8, 4) is 62.0 Å². The number of aromatic nitrogens is 4. The predicted octanol–water partition coefficient (Wildman–Crippen LogP) is 11.3. The van der Waals surface area contributed by atoms with Crippen molar-refractivity contribution in [2.75, 3.05) is 0 Å². The van der Waals surface area contributed by atoms with E-state index in [4.69, 9.17) is 15.1 Å². The van der Waals surface area contributed by atoms with Gasteiger partial charge in [0.05, 0.1) is 22.6 Å². The highest BCUT2D eigenvalue weighted by atomic mass is 15.3. The molecule has 0 aliphatic carbocycles.